The quantitative estimate of drug-likeness (QED) is 0.589. The predicted octanol–water partition coefficient (Wildman–Crippen LogP) is 4.85. The fourth-order valence-electron chi connectivity index (χ4n) is 4.77. The van der Waals surface area contributed by atoms with E-state index in [-0.39, 0.29) is 12.1 Å². The van der Waals surface area contributed by atoms with E-state index < -0.39 is 6.16 Å². The zero-order valence-electron chi connectivity index (χ0n) is 19.3. The van der Waals surface area contributed by atoms with Gasteiger partial charge in [-0.1, -0.05) is 27.7 Å². The molecule has 3 rings (SSSR count). The normalized spacial score (nSPS) is 23.7. The summed E-state index contributed by atoms with van der Waals surface area (Å²) in [6.45, 7) is 10.8. The molecule has 1 fully saturated rings. The summed E-state index contributed by atoms with van der Waals surface area (Å²) in [7, 11) is 3.34. The van der Waals surface area contributed by atoms with Crippen LogP contribution in [0.2, 0.25) is 0 Å². The van der Waals surface area contributed by atoms with Crippen LogP contribution in [0.3, 0.4) is 0 Å². The van der Waals surface area contributed by atoms with Gasteiger partial charge in [-0.2, -0.15) is 0 Å². The third-order valence-electron chi connectivity index (χ3n) is 6.12. The molecule has 2 aliphatic rings. The topological polar surface area (TPSA) is 57.2 Å². The van der Waals surface area contributed by atoms with Gasteiger partial charge in [0.15, 0.2) is 11.5 Å². The number of benzene rings is 1. The molecule has 0 aromatic heterocycles. The molecule has 2 aliphatic heterocycles. The fraction of sp³-hybridized carbons (Fsp3) is 0.708. The monoisotopic (exact) mass is 419 g/mol. The van der Waals surface area contributed by atoms with Gasteiger partial charge in [0, 0.05) is 31.5 Å². The molecule has 1 saturated heterocycles. The maximum Gasteiger partial charge on any atom is 0.508 e. The highest BCUT2D eigenvalue weighted by molar-refractivity contribution is 5.60. The molecular formula is C24H37NO5. The summed E-state index contributed by atoms with van der Waals surface area (Å²) in [4.78, 5) is 14.9. The summed E-state index contributed by atoms with van der Waals surface area (Å²) in [6, 6.07) is 4.40. The third kappa shape index (κ3) is 5.20. The van der Waals surface area contributed by atoms with Gasteiger partial charge in [0.25, 0.3) is 0 Å². The molecule has 1 aromatic carbocycles. The summed E-state index contributed by atoms with van der Waals surface area (Å²) >= 11 is 0. The first-order valence-corrected chi connectivity index (χ1v) is 11.1. The Hall–Kier alpha value is -1.95. The van der Waals surface area contributed by atoms with Gasteiger partial charge in [0.2, 0.25) is 0 Å². The standard InChI is InChI=1S/C24H37NO5/c1-15(2)9-18-13-25-8-7-17-10-22(27-5)23(28-6)11-19(17)20(25)12-21(18)30-24(26)29-14-16(3)4/h10-11,15-16,18,20-21H,7-9,12-14H2,1-6H3. The van der Waals surface area contributed by atoms with Crippen molar-refractivity contribution >= 4 is 6.16 Å². The van der Waals surface area contributed by atoms with Gasteiger partial charge >= 0.3 is 6.16 Å². The first-order chi connectivity index (χ1) is 14.3. The van der Waals surface area contributed by atoms with Gasteiger partial charge in [-0.25, -0.2) is 4.79 Å². The van der Waals surface area contributed by atoms with Gasteiger partial charge in [-0.3, -0.25) is 4.90 Å². The molecule has 1 aromatic rings. The highest BCUT2D eigenvalue weighted by Gasteiger charge is 2.41. The molecule has 0 radical (unpaired) electrons. The van der Waals surface area contributed by atoms with Crippen LogP contribution in [0.1, 0.15) is 57.7 Å². The van der Waals surface area contributed by atoms with E-state index in [9.17, 15) is 4.79 Å². The van der Waals surface area contributed by atoms with Gasteiger partial charge in [-0.15, -0.1) is 0 Å². The molecule has 0 aliphatic carbocycles. The Balaban J connectivity index is 1.83. The molecule has 6 heteroatoms. The molecule has 6 nitrogen and oxygen atoms in total. The van der Waals surface area contributed by atoms with Crippen LogP contribution in [-0.2, 0) is 15.9 Å². The Morgan fingerprint density at radius 3 is 2.43 bits per heavy atom. The number of carbonyl (C=O) groups excluding carboxylic acids is 1. The van der Waals surface area contributed by atoms with Crippen LogP contribution in [0.25, 0.3) is 0 Å². The largest absolute Gasteiger partial charge is 0.508 e. The van der Waals surface area contributed by atoms with Crippen molar-refractivity contribution in [2.45, 2.75) is 59.1 Å². The number of piperidine rings is 1. The lowest BCUT2D eigenvalue weighted by atomic mass is 9.79. The number of fused-ring (bicyclic) bond motifs is 3. The molecule has 30 heavy (non-hydrogen) atoms. The van der Waals surface area contributed by atoms with Gasteiger partial charge < -0.3 is 18.9 Å². The molecule has 2 heterocycles. The maximum absolute atomic E-state index is 12.3. The minimum absolute atomic E-state index is 0.146. The Labute approximate surface area is 180 Å². The minimum atomic E-state index is -0.542. The summed E-state index contributed by atoms with van der Waals surface area (Å²) < 4.78 is 22.2. The van der Waals surface area contributed by atoms with E-state index in [4.69, 9.17) is 18.9 Å². The van der Waals surface area contributed by atoms with Crippen molar-refractivity contribution in [3.05, 3.63) is 23.3 Å². The Morgan fingerprint density at radius 2 is 1.80 bits per heavy atom. The van der Waals surface area contributed by atoms with Crippen LogP contribution in [0.4, 0.5) is 4.79 Å². The van der Waals surface area contributed by atoms with Crippen molar-refractivity contribution < 1.29 is 23.7 Å². The minimum Gasteiger partial charge on any atom is -0.493 e. The first-order valence-electron chi connectivity index (χ1n) is 11.1. The highest BCUT2D eigenvalue weighted by atomic mass is 16.7. The number of ether oxygens (including phenoxy) is 4. The maximum atomic E-state index is 12.3. The van der Waals surface area contributed by atoms with Crippen molar-refractivity contribution in [1.29, 1.82) is 0 Å². The highest BCUT2D eigenvalue weighted by Crippen LogP contribution is 2.44. The van der Waals surface area contributed by atoms with Gasteiger partial charge in [0.05, 0.1) is 20.8 Å². The number of methoxy groups -OCH3 is 2. The zero-order chi connectivity index (χ0) is 21.8. The van der Waals surface area contributed by atoms with Crippen LogP contribution in [0.5, 0.6) is 11.5 Å². The Morgan fingerprint density at radius 1 is 1.10 bits per heavy atom. The van der Waals surface area contributed by atoms with E-state index in [2.05, 4.69) is 30.9 Å². The molecule has 0 amide bonds. The molecule has 0 bridgehead atoms. The lowest BCUT2D eigenvalue weighted by Gasteiger charge is -2.47. The van der Waals surface area contributed by atoms with Gasteiger partial charge in [0.1, 0.15) is 6.10 Å². The number of nitrogens with zero attached hydrogens (tertiary/aromatic N) is 1. The van der Waals surface area contributed by atoms with Crippen molar-refractivity contribution in [2.75, 3.05) is 33.9 Å². The molecule has 0 N–H and O–H groups in total. The van der Waals surface area contributed by atoms with E-state index in [0.29, 0.717) is 24.4 Å². The summed E-state index contributed by atoms with van der Waals surface area (Å²) in [5.74, 6) is 2.67. The predicted molar refractivity (Wildman–Crippen MR) is 116 cm³/mol. The van der Waals surface area contributed by atoms with Crippen molar-refractivity contribution in [2.24, 2.45) is 17.8 Å². The van der Waals surface area contributed by atoms with Crippen LogP contribution in [0.15, 0.2) is 12.1 Å². The molecule has 0 saturated carbocycles. The Bertz CT molecular complexity index is 733. The second-order valence-electron chi connectivity index (χ2n) is 9.40. The lowest BCUT2D eigenvalue weighted by Crippen LogP contribution is -2.49. The molecule has 3 unspecified atom stereocenters. The SMILES string of the molecule is COc1cc2c(cc1OC)C1CC(OC(=O)OCC(C)C)C(CC(C)C)CN1CC2. The van der Waals surface area contributed by atoms with Crippen LogP contribution in [0, 0.1) is 17.8 Å². The first kappa shape index (κ1) is 22.7. The summed E-state index contributed by atoms with van der Waals surface area (Å²) in [5.41, 5.74) is 2.54. The van der Waals surface area contributed by atoms with Crippen molar-refractivity contribution in [1.82, 2.24) is 4.90 Å². The van der Waals surface area contributed by atoms with Gasteiger partial charge in [-0.05, 0) is 47.9 Å². The summed E-state index contributed by atoms with van der Waals surface area (Å²) in [6.07, 6.45) is 2.11. The second-order valence-corrected chi connectivity index (χ2v) is 9.40. The average molecular weight is 420 g/mol. The molecule has 168 valence electrons. The van der Waals surface area contributed by atoms with Crippen LogP contribution >= 0.6 is 0 Å². The number of hydrogen-bond acceptors (Lipinski definition) is 6. The smallest absolute Gasteiger partial charge is 0.493 e. The molecule has 0 spiro atoms. The van der Waals surface area contributed by atoms with Crippen molar-refractivity contribution in [3.63, 3.8) is 0 Å². The molecule has 3 atom stereocenters. The van der Waals surface area contributed by atoms with E-state index in [1.165, 1.54) is 11.1 Å². The second kappa shape index (κ2) is 9.90. The molecular weight excluding hydrogens is 382 g/mol. The number of hydrogen-bond donors (Lipinski definition) is 0. The van der Waals surface area contributed by atoms with Crippen LogP contribution < -0.4 is 9.47 Å². The zero-order valence-corrected chi connectivity index (χ0v) is 19.3. The number of carbonyl (C=O) groups is 1. The van der Waals surface area contributed by atoms with Crippen molar-refractivity contribution in [3.8, 4) is 11.5 Å². The van der Waals surface area contributed by atoms with E-state index >= 15 is 0 Å². The lowest BCUT2D eigenvalue weighted by molar-refractivity contribution is -0.0557. The Kier molecular flexibility index (Phi) is 7.50. The summed E-state index contributed by atoms with van der Waals surface area (Å²) in [5, 5.41) is 0. The number of rotatable bonds is 7. The average Bonchev–Trinajstić information content (AvgIpc) is 2.71. The fourth-order valence-corrected chi connectivity index (χ4v) is 4.77. The van der Waals surface area contributed by atoms with Crippen LogP contribution in [-0.4, -0.2) is 51.1 Å². The van der Waals surface area contributed by atoms with E-state index in [1.54, 1.807) is 14.2 Å². The van der Waals surface area contributed by atoms with E-state index in [0.717, 1.165) is 43.9 Å². The third-order valence-corrected chi connectivity index (χ3v) is 6.12. The van der Waals surface area contributed by atoms with E-state index in [1.807, 2.05) is 13.8 Å².